The third-order valence-corrected chi connectivity index (χ3v) is 4.82. The Morgan fingerprint density at radius 2 is 1.80 bits per heavy atom. The average Bonchev–Trinajstić information content (AvgIpc) is 3.29. The van der Waals surface area contributed by atoms with Gasteiger partial charge in [0.15, 0.2) is 0 Å². The number of nitriles is 1. The molecule has 0 fully saturated rings. The van der Waals surface area contributed by atoms with Crippen LogP contribution in [0.4, 0.5) is 0 Å². The van der Waals surface area contributed by atoms with Crippen molar-refractivity contribution < 1.29 is 4.52 Å². The zero-order valence-electron chi connectivity index (χ0n) is 16.5. The molecule has 4 aromatic rings. The van der Waals surface area contributed by atoms with E-state index in [1.165, 1.54) is 0 Å². The van der Waals surface area contributed by atoms with E-state index >= 15 is 0 Å². The molecule has 0 bridgehead atoms. The molecule has 0 saturated heterocycles. The molecule has 0 unspecified atom stereocenters. The highest BCUT2D eigenvalue weighted by Crippen LogP contribution is 2.33. The van der Waals surface area contributed by atoms with Gasteiger partial charge in [0.2, 0.25) is 5.82 Å². The van der Waals surface area contributed by atoms with Crippen LogP contribution in [0.25, 0.3) is 33.4 Å². The van der Waals surface area contributed by atoms with Crippen molar-refractivity contribution in [1.82, 2.24) is 10.1 Å². The van der Waals surface area contributed by atoms with E-state index in [1.54, 1.807) is 6.07 Å². The number of benzene rings is 3. The molecule has 0 aliphatic heterocycles. The summed E-state index contributed by atoms with van der Waals surface area (Å²) in [5.41, 5.74) is 3.69. The second-order valence-corrected chi connectivity index (χ2v) is 6.69. The second kappa shape index (κ2) is 8.42. The fraction of sp³-hybridized carbons (Fsp3) is 0.0385. The van der Waals surface area contributed by atoms with Gasteiger partial charge in [0.05, 0.1) is 17.2 Å². The Labute approximate surface area is 175 Å². The summed E-state index contributed by atoms with van der Waals surface area (Å²) in [7, 11) is 0. The van der Waals surface area contributed by atoms with Crippen molar-refractivity contribution in [2.24, 2.45) is 0 Å². The standard InChI is InChI=1S/C26H19N3O/c1-3-4-13-22(19-10-6-5-7-11-19)18(2)25-28-26(30-29-25)24-21(17-27)16-15-20-12-8-9-14-23(20)24/h3-16H,2H2,1H3/b4-3-,22-13+. The zero-order chi connectivity index (χ0) is 20.9. The van der Waals surface area contributed by atoms with Gasteiger partial charge in [-0.3, -0.25) is 0 Å². The average molecular weight is 389 g/mol. The van der Waals surface area contributed by atoms with Crippen LogP contribution in [0.3, 0.4) is 0 Å². The molecular weight excluding hydrogens is 370 g/mol. The molecule has 0 aliphatic rings. The third kappa shape index (κ3) is 3.57. The summed E-state index contributed by atoms with van der Waals surface area (Å²) in [6.07, 6.45) is 5.88. The van der Waals surface area contributed by atoms with Crippen LogP contribution in [-0.2, 0) is 0 Å². The second-order valence-electron chi connectivity index (χ2n) is 6.69. The highest BCUT2D eigenvalue weighted by molar-refractivity contribution is 6.03. The SMILES string of the molecule is C=C(/C(=C\C=C/C)c1ccccc1)c1noc(-c2c(C#N)ccc3ccccc23)n1. The van der Waals surface area contributed by atoms with Crippen molar-refractivity contribution in [3.05, 3.63) is 108 Å². The van der Waals surface area contributed by atoms with Crippen LogP contribution in [0.15, 0.2) is 96.1 Å². The Balaban J connectivity index is 1.81. The van der Waals surface area contributed by atoms with Crippen LogP contribution in [0.5, 0.6) is 0 Å². The van der Waals surface area contributed by atoms with Crippen LogP contribution in [-0.4, -0.2) is 10.1 Å². The minimum atomic E-state index is 0.304. The molecule has 4 heteroatoms. The van der Waals surface area contributed by atoms with E-state index in [0.717, 1.165) is 21.9 Å². The minimum absolute atomic E-state index is 0.304. The molecule has 3 aromatic carbocycles. The molecule has 1 heterocycles. The molecule has 144 valence electrons. The van der Waals surface area contributed by atoms with E-state index < -0.39 is 0 Å². The van der Waals surface area contributed by atoms with E-state index in [-0.39, 0.29) is 0 Å². The van der Waals surface area contributed by atoms with Crippen molar-refractivity contribution >= 4 is 21.9 Å². The molecule has 0 amide bonds. The molecule has 0 N–H and O–H groups in total. The summed E-state index contributed by atoms with van der Waals surface area (Å²) in [6.45, 7) is 6.17. The van der Waals surface area contributed by atoms with Crippen LogP contribution in [0.1, 0.15) is 23.9 Å². The minimum Gasteiger partial charge on any atom is -0.334 e. The first kappa shape index (κ1) is 19.1. The number of allylic oxidation sites excluding steroid dienone is 5. The number of hydrogen-bond acceptors (Lipinski definition) is 4. The highest BCUT2D eigenvalue weighted by Gasteiger charge is 2.19. The molecular formula is C26H19N3O. The van der Waals surface area contributed by atoms with E-state index in [2.05, 4.69) is 22.8 Å². The molecule has 0 atom stereocenters. The van der Waals surface area contributed by atoms with Gasteiger partial charge in [-0.2, -0.15) is 10.2 Å². The van der Waals surface area contributed by atoms with E-state index in [0.29, 0.717) is 28.4 Å². The summed E-state index contributed by atoms with van der Waals surface area (Å²) < 4.78 is 5.59. The Morgan fingerprint density at radius 1 is 1.03 bits per heavy atom. The van der Waals surface area contributed by atoms with Crippen molar-refractivity contribution in [3.8, 4) is 17.5 Å². The van der Waals surface area contributed by atoms with Crippen LogP contribution in [0.2, 0.25) is 0 Å². The van der Waals surface area contributed by atoms with Crippen LogP contribution < -0.4 is 0 Å². The lowest BCUT2D eigenvalue weighted by Crippen LogP contribution is -1.92. The summed E-state index contributed by atoms with van der Waals surface area (Å²) in [4.78, 5) is 4.60. The number of aromatic nitrogens is 2. The van der Waals surface area contributed by atoms with Gasteiger partial charge in [-0.15, -0.1) is 0 Å². The monoisotopic (exact) mass is 389 g/mol. The van der Waals surface area contributed by atoms with E-state index in [1.807, 2.05) is 85.8 Å². The maximum Gasteiger partial charge on any atom is 0.260 e. The van der Waals surface area contributed by atoms with Crippen molar-refractivity contribution in [3.63, 3.8) is 0 Å². The van der Waals surface area contributed by atoms with Gasteiger partial charge in [-0.05, 0) is 34.9 Å². The number of rotatable bonds is 5. The fourth-order valence-corrected chi connectivity index (χ4v) is 3.34. The topological polar surface area (TPSA) is 62.7 Å². The quantitative estimate of drug-likeness (QED) is 0.369. The summed E-state index contributed by atoms with van der Waals surface area (Å²) in [5.74, 6) is 0.694. The van der Waals surface area contributed by atoms with E-state index in [4.69, 9.17) is 4.52 Å². The lowest BCUT2D eigenvalue weighted by molar-refractivity contribution is 0.428. The first-order chi connectivity index (χ1) is 14.7. The first-order valence-corrected chi connectivity index (χ1v) is 9.57. The molecule has 0 spiro atoms. The third-order valence-electron chi connectivity index (χ3n) is 4.82. The van der Waals surface area contributed by atoms with Gasteiger partial charge in [0.25, 0.3) is 5.89 Å². The highest BCUT2D eigenvalue weighted by atomic mass is 16.5. The van der Waals surface area contributed by atoms with Gasteiger partial charge in [-0.25, -0.2) is 0 Å². The van der Waals surface area contributed by atoms with Crippen molar-refractivity contribution in [2.75, 3.05) is 0 Å². The summed E-state index contributed by atoms with van der Waals surface area (Å²) in [5, 5.41) is 15.7. The molecule has 4 nitrogen and oxygen atoms in total. The van der Waals surface area contributed by atoms with Crippen LogP contribution >= 0.6 is 0 Å². The molecule has 1 aromatic heterocycles. The lowest BCUT2D eigenvalue weighted by atomic mass is 9.97. The number of hydrogen-bond donors (Lipinski definition) is 0. The normalized spacial score (nSPS) is 11.7. The number of fused-ring (bicyclic) bond motifs is 1. The molecule has 0 aliphatic carbocycles. The van der Waals surface area contributed by atoms with E-state index in [9.17, 15) is 5.26 Å². The Hall–Kier alpha value is -4.23. The molecule has 30 heavy (non-hydrogen) atoms. The smallest absolute Gasteiger partial charge is 0.260 e. The number of nitrogens with zero attached hydrogens (tertiary/aromatic N) is 3. The predicted octanol–water partition coefficient (Wildman–Crippen LogP) is 6.43. The summed E-state index contributed by atoms with van der Waals surface area (Å²) >= 11 is 0. The Morgan fingerprint density at radius 3 is 2.57 bits per heavy atom. The fourth-order valence-electron chi connectivity index (χ4n) is 3.34. The predicted molar refractivity (Wildman–Crippen MR) is 120 cm³/mol. The zero-order valence-corrected chi connectivity index (χ0v) is 16.5. The van der Waals surface area contributed by atoms with Gasteiger partial charge < -0.3 is 4.52 Å². The first-order valence-electron chi connectivity index (χ1n) is 9.57. The molecule has 4 rings (SSSR count). The maximum absolute atomic E-state index is 9.62. The van der Waals surface area contributed by atoms with Gasteiger partial charge >= 0.3 is 0 Å². The molecule has 0 saturated carbocycles. The van der Waals surface area contributed by atoms with Gasteiger partial charge in [0, 0.05) is 5.57 Å². The van der Waals surface area contributed by atoms with Crippen LogP contribution in [0, 0.1) is 11.3 Å². The Kier molecular flexibility index (Phi) is 5.36. The maximum atomic E-state index is 9.62. The molecule has 0 radical (unpaired) electrons. The van der Waals surface area contributed by atoms with Gasteiger partial charge in [0.1, 0.15) is 0 Å². The largest absolute Gasteiger partial charge is 0.334 e. The lowest BCUT2D eigenvalue weighted by Gasteiger charge is -2.07. The van der Waals surface area contributed by atoms with Crippen molar-refractivity contribution in [2.45, 2.75) is 6.92 Å². The summed E-state index contributed by atoms with van der Waals surface area (Å²) in [6, 6.07) is 23.7. The van der Waals surface area contributed by atoms with Gasteiger partial charge in [-0.1, -0.05) is 90.6 Å². The van der Waals surface area contributed by atoms with Crippen molar-refractivity contribution in [1.29, 1.82) is 5.26 Å². The Bertz CT molecular complexity index is 1320.